The van der Waals surface area contributed by atoms with E-state index in [1.165, 1.54) is 22.9 Å². The van der Waals surface area contributed by atoms with Crippen LogP contribution >= 0.6 is 0 Å². The Labute approximate surface area is 204 Å². The Balaban J connectivity index is 1.29. The molecule has 1 saturated heterocycles. The number of furan rings is 1. The summed E-state index contributed by atoms with van der Waals surface area (Å²) >= 11 is 0. The first kappa shape index (κ1) is 23.5. The van der Waals surface area contributed by atoms with Gasteiger partial charge in [-0.2, -0.15) is 19.5 Å². The van der Waals surface area contributed by atoms with Crippen molar-refractivity contribution in [2.75, 3.05) is 42.1 Å². The van der Waals surface area contributed by atoms with E-state index in [4.69, 9.17) is 10.2 Å². The van der Waals surface area contributed by atoms with Crippen LogP contribution in [0.25, 0.3) is 17.4 Å². The minimum Gasteiger partial charge on any atom is -0.461 e. The first-order chi connectivity index (χ1) is 17.4. The summed E-state index contributed by atoms with van der Waals surface area (Å²) in [6.45, 7) is 3.63. The van der Waals surface area contributed by atoms with Gasteiger partial charge in [0, 0.05) is 32.2 Å². The van der Waals surface area contributed by atoms with E-state index in [9.17, 15) is 13.6 Å². The van der Waals surface area contributed by atoms with E-state index in [2.05, 4.69) is 25.4 Å². The quantitative estimate of drug-likeness (QED) is 0.395. The van der Waals surface area contributed by atoms with E-state index >= 15 is 0 Å². The number of amides is 1. The molecule has 1 fully saturated rings. The van der Waals surface area contributed by atoms with E-state index < -0.39 is 17.7 Å². The number of benzene rings is 1. The maximum atomic E-state index is 14.2. The van der Waals surface area contributed by atoms with Crippen LogP contribution in [0.2, 0.25) is 0 Å². The predicted octanol–water partition coefficient (Wildman–Crippen LogP) is 2.57. The van der Waals surface area contributed by atoms with Crippen molar-refractivity contribution in [3.63, 3.8) is 0 Å². The van der Waals surface area contributed by atoms with E-state index in [0.717, 1.165) is 12.5 Å². The number of aromatic nitrogens is 5. The average molecular weight is 498 g/mol. The summed E-state index contributed by atoms with van der Waals surface area (Å²) in [5.74, 6) is -0.132. The highest BCUT2D eigenvalue weighted by molar-refractivity contribution is 5.84. The van der Waals surface area contributed by atoms with Crippen LogP contribution in [0.1, 0.15) is 19.8 Å². The lowest BCUT2D eigenvalue weighted by Gasteiger charge is -2.37. The number of fused-ring (bicyclic) bond motifs is 1. The Morgan fingerprint density at radius 3 is 2.67 bits per heavy atom. The molecule has 3 aromatic heterocycles. The van der Waals surface area contributed by atoms with Crippen molar-refractivity contribution in [2.45, 2.75) is 25.8 Å². The third kappa shape index (κ3) is 4.63. The molecule has 0 saturated carbocycles. The van der Waals surface area contributed by atoms with Gasteiger partial charge in [-0.15, -0.1) is 5.10 Å². The molecule has 36 heavy (non-hydrogen) atoms. The van der Waals surface area contributed by atoms with Gasteiger partial charge in [-0.05, 0) is 30.7 Å². The number of nitrogen functional groups attached to an aromatic ring is 1. The van der Waals surface area contributed by atoms with Gasteiger partial charge in [0.15, 0.2) is 5.76 Å². The molecular formula is C23H25F2N9O2. The number of carbonyl (C=O) groups excluding carboxylic acids is 1. The van der Waals surface area contributed by atoms with E-state index in [0.29, 0.717) is 49.9 Å². The Morgan fingerprint density at radius 2 is 1.97 bits per heavy atom. The number of hydrogen-bond donors (Lipinski definition) is 2. The molecule has 0 radical (unpaired) electrons. The van der Waals surface area contributed by atoms with E-state index in [1.807, 2.05) is 6.92 Å². The van der Waals surface area contributed by atoms with Crippen molar-refractivity contribution in [2.24, 2.45) is 0 Å². The van der Waals surface area contributed by atoms with Crippen molar-refractivity contribution >= 4 is 29.3 Å². The van der Waals surface area contributed by atoms with Gasteiger partial charge >= 0.3 is 0 Å². The third-order valence-electron chi connectivity index (χ3n) is 6.00. The molecule has 0 unspecified atom stereocenters. The number of nitrogens with two attached hydrogens (primary N) is 1. The normalized spacial score (nSPS) is 14.9. The predicted molar refractivity (Wildman–Crippen MR) is 128 cm³/mol. The van der Waals surface area contributed by atoms with Gasteiger partial charge in [0.2, 0.25) is 23.6 Å². The number of nitrogens with one attached hydrogen (secondary N) is 1. The van der Waals surface area contributed by atoms with Crippen LogP contribution < -0.4 is 16.0 Å². The van der Waals surface area contributed by atoms with Crippen molar-refractivity contribution in [3.05, 3.63) is 48.2 Å². The van der Waals surface area contributed by atoms with Gasteiger partial charge in [-0.1, -0.05) is 13.3 Å². The van der Waals surface area contributed by atoms with Crippen LogP contribution in [-0.4, -0.2) is 67.6 Å². The van der Waals surface area contributed by atoms with Crippen LogP contribution in [-0.2, 0) is 4.79 Å². The monoisotopic (exact) mass is 497 g/mol. The summed E-state index contributed by atoms with van der Waals surface area (Å²) in [5.41, 5.74) is 6.39. The number of hydrogen-bond acceptors (Lipinski definition) is 9. The molecule has 1 atom stereocenters. The molecule has 4 heterocycles. The highest BCUT2D eigenvalue weighted by Gasteiger charge is 2.29. The minimum atomic E-state index is -0.622. The topological polar surface area (TPSA) is 131 Å². The molecule has 1 aromatic carbocycles. The Bertz CT molecular complexity index is 1370. The second kappa shape index (κ2) is 9.76. The highest BCUT2D eigenvalue weighted by Crippen LogP contribution is 2.23. The number of carbonyl (C=O) groups is 1. The van der Waals surface area contributed by atoms with Gasteiger partial charge in [0.25, 0.3) is 5.78 Å². The van der Waals surface area contributed by atoms with Crippen LogP contribution in [0.15, 0.2) is 41.0 Å². The molecule has 1 aliphatic heterocycles. The van der Waals surface area contributed by atoms with Crippen LogP contribution in [0.3, 0.4) is 0 Å². The molecular weight excluding hydrogens is 472 g/mol. The zero-order chi connectivity index (χ0) is 25.2. The molecule has 188 valence electrons. The van der Waals surface area contributed by atoms with E-state index in [-0.39, 0.29) is 23.6 Å². The van der Waals surface area contributed by atoms with Crippen molar-refractivity contribution in [3.8, 4) is 11.6 Å². The Kier molecular flexibility index (Phi) is 6.36. The molecule has 13 heteroatoms. The minimum absolute atomic E-state index is 0.0606. The molecule has 5 rings (SSSR count). The second-order valence-corrected chi connectivity index (χ2v) is 8.42. The fourth-order valence-corrected chi connectivity index (χ4v) is 4.21. The van der Waals surface area contributed by atoms with Crippen molar-refractivity contribution in [1.29, 1.82) is 0 Å². The standard InChI is InChI=1S/C23H25F2N9O2/c1-2-4-16(20(35)33-10-8-32(9-11-33)17-7-6-14(24)13-15(17)25)27-22-29-21(26)34-23(30-22)28-19(31-34)18-5-3-12-36-18/h3,5-7,12-13,16H,2,4,8-11H2,1H3,(H3,26,27,28,29,30,31)/t16-/m0/s1. The number of halogens is 2. The van der Waals surface area contributed by atoms with Gasteiger partial charge in [0.05, 0.1) is 12.0 Å². The van der Waals surface area contributed by atoms with E-state index in [1.54, 1.807) is 21.9 Å². The SMILES string of the molecule is CCC[C@H](Nc1nc(N)n2nc(-c3ccco3)nc2n1)C(=O)N1CCN(c2ccc(F)cc2F)CC1. The molecule has 3 N–H and O–H groups in total. The summed E-state index contributed by atoms with van der Waals surface area (Å²) in [5, 5.41) is 7.37. The summed E-state index contributed by atoms with van der Waals surface area (Å²) < 4.78 is 34.1. The van der Waals surface area contributed by atoms with Crippen molar-refractivity contribution in [1.82, 2.24) is 29.5 Å². The highest BCUT2D eigenvalue weighted by atomic mass is 19.1. The molecule has 0 spiro atoms. The van der Waals surface area contributed by atoms with Gasteiger partial charge in [-0.3, -0.25) is 4.79 Å². The van der Waals surface area contributed by atoms with Crippen LogP contribution in [0.5, 0.6) is 0 Å². The van der Waals surface area contributed by atoms with Gasteiger partial charge < -0.3 is 25.3 Å². The number of piperazine rings is 1. The smallest absolute Gasteiger partial charge is 0.259 e. The fraction of sp³-hybridized carbons (Fsp3) is 0.348. The van der Waals surface area contributed by atoms with Gasteiger partial charge in [0.1, 0.15) is 17.7 Å². The Hall–Kier alpha value is -4.29. The first-order valence-electron chi connectivity index (χ1n) is 11.6. The summed E-state index contributed by atoms with van der Waals surface area (Å²) in [4.78, 5) is 29.8. The largest absolute Gasteiger partial charge is 0.461 e. The maximum absolute atomic E-state index is 14.2. The number of rotatable bonds is 7. The summed E-state index contributed by atoms with van der Waals surface area (Å²) in [6, 6.07) is 6.37. The van der Waals surface area contributed by atoms with Crippen molar-refractivity contribution < 1.29 is 18.0 Å². The average Bonchev–Trinajstić information content (AvgIpc) is 3.54. The van der Waals surface area contributed by atoms with Crippen LogP contribution in [0.4, 0.5) is 26.4 Å². The molecule has 11 nitrogen and oxygen atoms in total. The number of nitrogens with zero attached hydrogens (tertiary/aromatic N) is 7. The maximum Gasteiger partial charge on any atom is 0.259 e. The zero-order valence-electron chi connectivity index (χ0n) is 19.6. The molecule has 0 bridgehead atoms. The molecule has 0 aliphatic carbocycles. The number of anilines is 3. The van der Waals surface area contributed by atoms with Crippen LogP contribution in [0, 0.1) is 11.6 Å². The lowest BCUT2D eigenvalue weighted by Crippen LogP contribution is -2.53. The molecule has 4 aromatic rings. The van der Waals surface area contributed by atoms with Gasteiger partial charge in [-0.25, -0.2) is 8.78 Å². The summed E-state index contributed by atoms with van der Waals surface area (Å²) in [6.07, 6.45) is 2.81. The first-order valence-corrected chi connectivity index (χ1v) is 11.6. The molecule has 1 aliphatic rings. The lowest BCUT2D eigenvalue weighted by molar-refractivity contribution is -0.132. The third-order valence-corrected chi connectivity index (χ3v) is 6.00. The zero-order valence-corrected chi connectivity index (χ0v) is 19.6. The Morgan fingerprint density at radius 1 is 1.17 bits per heavy atom. The lowest BCUT2D eigenvalue weighted by atomic mass is 10.1. The fourth-order valence-electron chi connectivity index (χ4n) is 4.21. The summed E-state index contributed by atoms with van der Waals surface area (Å²) in [7, 11) is 0. The molecule has 1 amide bonds. The second-order valence-electron chi connectivity index (χ2n) is 8.42.